The Morgan fingerprint density at radius 2 is 2.35 bits per heavy atom. The Kier molecular flexibility index (Phi) is 3.20. The Bertz CT molecular complexity index is 517. The van der Waals surface area contributed by atoms with E-state index in [0.717, 1.165) is 0 Å². The van der Waals surface area contributed by atoms with Gasteiger partial charge in [0.1, 0.15) is 11.3 Å². The smallest absolute Gasteiger partial charge is 0.339 e. The van der Waals surface area contributed by atoms with Gasteiger partial charge in [-0.25, -0.2) is 4.79 Å². The zero-order chi connectivity index (χ0) is 12.3. The van der Waals surface area contributed by atoms with Gasteiger partial charge < -0.3 is 19.4 Å². The van der Waals surface area contributed by atoms with Crippen LogP contribution >= 0.6 is 0 Å². The van der Waals surface area contributed by atoms with Crippen LogP contribution < -0.4 is 5.32 Å². The minimum atomic E-state index is -1.01. The molecule has 0 aromatic carbocycles. The average Bonchev–Trinajstić information content (AvgIpc) is 2.87. The van der Waals surface area contributed by atoms with E-state index in [0.29, 0.717) is 30.6 Å². The SMILES string of the molecule is Cc1nc(CNCc2occc2C(=O)O)no1. The summed E-state index contributed by atoms with van der Waals surface area (Å²) in [5, 5.41) is 15.5. The van der Waals surface area contributed by atoms with Gasteiger partial charge in [0.05, 0.1) is 19.4 Å². The molecule has 2 rings (SSSR count). The zero-order valence-electron chi connectivity index (χ0n) is 9.14. The van der Waals surface area contributed by atoms with E-state index in [2.05, 4.69) is 15.5 Å². The standard InChI is InChI=1S/C10H11N3O4/c1-6-12-9(13-17-6)5-11-4-8-7(10(14)15)2-3-16-8/h2-3,11H,4-5H2,1H3,(H,14,15). The van der Waals surface area contributed by atoms with Crippen LogP contribution in [0.25, 0.3) is 0 Å². The molecule has 0 atom stereocenters. The number of aromatic carboxylic acids is 1. The lowest BCUT2D eigenvalue weighted by Crippen LogP contribution is -2.15. The maximum absolute atomic E-state index is 10.8. The summed E-state index contributed by atoms with van der Waals surface area (Å²) in [6, 6.07) is 1.41. The molecule has 2 heterocycles. The highest BCUT2D eigenvalue weighted by Gasteiger charge is 2.12. The third-order valence-corrected chi connectivity index (χ3v) is 2.11. The van der Waals surface area contributed by atoms with E-state index in [1.807, 2.05) is 0 Å². The summed E-state index contributed by atoms with van der Waals surface area (Å²) >= 11 is 0. The molecule has 7 nitrogen and oxygen atoms in total. The third kappa shape index (κ3) is 2.70. The second-order valence-corrected chi connectivity index (χ2v) is 3.40. The lowest BCUT2D eigenvalue weighted by molar-refractivity contribution is 0.0694. The van der Waals surface area contributed by atoms with Crippen molar-refractivity contribution in [2.75, 3.05) is 0 Å². The second kappa shape index (κ2) is 4.79. The van der Waals surface area contributed by atoms with Crippen molar-refractivity contribution in [2.45, 2.75) is 20.0 Å². The monoisotopic (exact) mass is 237 g/mol. The number of rotatable bonds is 5. The topological polar surface area (TPSA) is 101 Å². The second-order valence-electron chi connectivity index (χ2n) is 3.40. The molecule has 90 valence electrons. The van der Waals surface area contributed by atoms with Crippen LogP contribution in [0.4, 0.5) is 0 Å². The van der Waals surface area contributed by atoms with Gasteiger partial charge in [-0.3, -0.25) is 0 Å². The molecule has 2 N–H and O–H groups in total. The van der Waals surface area contributed by atoms with E-state index < -0.39 is 5.97 Å². The predicted molar refractivity (Wildman–Crippen MR) is 55.2 cm³/mol. The molecule has 17 heavy (non-hydrogen) atoms. The van der Waals surface area contributed by atoms with Crippen molar-refractivity contribution in [1.82, 2.24) is 15.5 Å². The van der Waals surface area contributed by atoms with Gasteiger partial charge >= 0.3 is 5.97 Å². The van der Waals surface area contributed by atoms with Crippen LogP contribution in [0.1, 0.15) is 27.8 Å². The lowest BCUT2D eigenvalue weighted by atomic mass is 10.2. The Hall–Kier alpha value is -2.15. The highest BCUT2D eigenvalue weighted by Crippen LogP contribution is 2.10. The molecule has 0 saturated heterocycles. The van der Waals surface area contributed by atoms with Crippen LogP contribution in [0, 0.1) is 6.92 Å². The minimum absolute atomic E-state index is 0.154. The van der Waals surface area contributed by atoms with Crippen LogP contribution in [0.5, 0.6) is 0 Å². The van der Waals surface area contributed by atoms with Crippen molar-refractivity contribution >= 4 is 5.97 Å². The van der Waals surface area contributed by atoms with E-state index >= 15 is 0 Å². The van der Waals surface area contributed by atoms with E-state index in [1.54, 1.807) is 6.92 Å². The largest absolute Gasteiger partial charge is 0.478 e. The molecule has 0 bridgehead atoms. The number of aromatic nitrogens is 2. The summed E-state index contributed by atoms with van der Waals surface area (Å²) in [5.74, 6) is 0.376. The number of hydrogen-bond donors (Lipinski definition) is 2. The summed E-state index contributed by atoms with van der Waals surface area (Å²) in [6.45, 7) is 2.38. The maximum Gasteiger partial charge on any atom is 0.339 e. The fraction of sp³-hybridized carbons (Fsp3) is 0.300. The maximum atomic E-state index is 10.8. The van der Waals surface area contributed by atoms with Crippen molar-refractivity contribution in [3.05, 3.63) is 35.4 Å². The van der Waals surface area contributed by atoms with Gasteiger partial charge in [-0.05, 0) is 6.07 Å². The Morgan fingerprint density at radius 3 is 3.00 bits per heavy atom. The number of aryl methyl sites for hydroxylation is 1. The summed E-state index contributed by atoms with van der Waals surface area (Å²) < 4.78 is 9.86. The van der Waals surface area contributed by atoms with Crippen LogP contribution in [0.15, 0.2) is 21.3 Å². The predicted octanol–water partition coefficient (Wildman–Crippen LogP) is 0.959. The van der Waals surface area contributed by atoms with Crippen molar-refractivity contribution < 1.29 is 18.8 Å². The lowest BCUT2D eigenvalue weighted by Gasteiger charge is -1.99. The van der Waals surface area contributed by atoms with Crippen LogP contribution in [0.2, 0.25) is 0 Å². The van der Waals surface area contributed by atoms with Gasteiger partial charge in [0.25, 0.3) is 0 Å². The van der Waals surface area contributed by atoms with E-state index in [1.165, 1.54) is 12.3 Å². The quantitative estimate of drug-likeness (QED) is 0.798. The molecular formula is C10H11N3O4. The Labute approximate surface area is 96.4 Å². The first-order valence-corrected chi connectivity index (χ1v) is 4.96. The van der Waals surface area contributed by atoms with Gasteiger partial charge in [0.2, 0.25) is 5.89 Å². The molecule has 7 heteroatoms. The van der Waals surface area contributed by atoms with Gasteiger partial charge in [0.15, 0.2) is 5.82 Å². The highest BCUT2D eigenvalue weighted by atomic mass is 16.5. The molecule has 0 saturated carbocycles. The molecule has 0 fully saturated rings. The zero-order valence-corrected chi connectivity index (χ0v) is 9.14. The van der Waals surface area contributed by atoms with Crippen molar-refractivity contribution in [3.8, 4) is 0 Å². The summed E-state index contributed by atoms with van der Waals surface area (Å²) in [7, 11) is 0. The number of furan rings is 1. The van der Waals surface area contributed by atoms with Gasteiger partial charge in [-0.15, -0.1) is 0 Å². The van der Waals surface area contributed by atoms with E-state index in [-0.39, 0.29) is 5.56 Å². The number of carboxylic acids is 1. The summed E-state index contributed by atoms with van der Waals surface area (Å²) in [4.78, 5) is 14.8. The molecular weight excluding hydrogens is 226 g/mol. The Balaban J connectivity index is 1.90. The molecule has 0 amide bonds. The van der Waals surface area contributed by atoms with Gasteiger partial charge in [-0.2, -0.15) is 4.98 Å². The molecule has 0 aliphatic rings. The van der Waals surface area contributed by atoms with Crippen LogP contribution in [-0.4, -0.2) is 21.2 Å². The first-order chi connectivity index (χ1) is 8.16. The molecule has 0 radical (unpaired) electrons. The normalized spacial score (nSPS) is 10.6. The molecule has 0 aliphatic heterocycles. The average molecular weight is 237 g/mol. The molecule has 2 aromatic heterocycles. The first kappa shape index (κ1) is 11.3. The van der Waals surface area contributed by atoms with Crippen molar-refractivity contribution in [3.63, 3.8) is 0 Å². The molecule has 0 spiro atoms. The van der Waals surface area contributed by atoms with Crippen LogP contribution in [0.3, 0.4) is 0 Å². The van der Waals surface area contributed by atoms with Gasteiger partial charge in [-0.1, -0.05) is 5.16 Å². The molecule has 2 aromatic rings. The van der Waals surface area contributed by atoms with Crippen molar-refractivity contribution in [2.24, 2.45) is 0 Å². The minimum Gasteiger partial charge on any atom is -0.478 e. The fourth-order valence-electron chi connectivity index (χ4n) is 1.37. The number of nitrogens with zero attached hydrogens (tertiary/aromatic N) is 2. The summed E-state index contributed by atoms with van der Waals surface area (Å²) in [5.41, 5.74) is 0.154. The third-order valence-electron chi connectivity index (χ3n) is 2.11. The molecule has 0 aliphatic carbocycles. The fourth-order valence-corrected chi connectivity index (χ4v) is 1.37. The number of carbonyl (C=O) groups is 1. The number of hydrogen-bond acceptors (Lipinski definition) is 6. The molecule has 0 unspecified atom stereocenters. The summed E-state index contributed by atoms with van der Waals surface area (Å²) in [6.07, 6.45) is 1.35. The van der Waals surface area contributed by atoms with E-state index in [4.69, 9.17) is 14.0 Å². The van der Waals surface area contributed by atoms with Crippen LogP contribution in [-0.2, 0) is 13.1 Å². The Morgan fingerprint density at radius 1 is 1.53 bits per heavy atom. The highest BCUT2D eigenvalue weighted by molar-refractivity contribution is 5.88. The van der Waals surface area contributed by atoms with Gasteiger partial charge in [0, 0.05) is 6.92 Å². The van der Waals surface area contributed by atoms with Crippen molar-refractivity contribution in [1.29, 1.82) is 0 Å². The number of carboxylic acid groups (broad SMARTS) is 1. The number of nitrogens with one attached hydrogen (secondary N) is 1. The first-order valence-electron chi connectivity index (χ1n) is 4.96. The van der Waals surface area contributed by atoms with E-state index in [9.17, 15) is 4.79 Å².